The molecule has 74 valence electrons. The lowest BCUT2D eigenvalue weighted by Gasteiger charge is -2.10. The summed E-state index contributed by atoms with van der Waals surface area (Å²) in [6.45, 7) is 0. The fourth-order valence-corrected chi connectivity index (χ4v) is 1.28. The van der Waals surface area contributed by atoms with Gasteiger partial charge in [-0.1, -0.05) is 0 Å². The second-order valence-electron chi connectivity index (χ2n) is 3.33. The van der Waals surface area contributed by atoms with Crippen LogP contribution in [0.1, 0.15) is 0 Å². The van der Waals surface area contributed by atoms with E-state index in [2.05, 4.69) is 15.0 Å². The van der Waals surface area contributed by atoms with Crippen molar-refractivity contribution in [3.63, 3.8) is 0 Å². The number of hydrogen-bond acceptors (Lipinski definition) is 5. The summed E-state index contributed by atoms with van der Waals surface area (Å²) >= 11 is 0. The number of anilines is 2. The third-order valence-electron chi connectivity index (χ3n) is 1.99. The molecule has 2 aromatic heterocycles. The highest BCUT2D eigenvalue weighted by molar-refractivity contribution is 5.83. The van der Waals surface area contributed by atoms with E-state index in [1.165, 1.54) is 0 Å². The van der Waals surface area contributed by atoms with Crippen molar-refractivity contribution in [3.8, 4) is 0 Å². The van der Waals surface area contributed by atoms with Gasteiger partial charge in [-0.15, -0.1) is 0 Å². The Morgan fingerprint density at radius 3 is 2.71 bits per heavy atom. The molecule has 2 heterocycles. The summed E-state index contributed by atoms with van der Waals surface area (Å²) < 4.78 is 1.81. The Morgan fingerprint density at radius 2 is 2.07 bits per heavy atom. The quantitative estimate of drug-likeness (QED) is 0.689. The molecule has 0 spiro atoms. The molecule has 2 aromatic rings. The van der Waals surface area contributed by atoms with Crippen molar-refractivity contribution in [2.45, 2.75) is 0 Å². The fourth-order valence-electron chi connectivity index (χ4n) is 1.28. The van der Waals surface area contributed by atoms with Gasteiger partial charge in [0, 0.05) is 21.1 Å². The Hall–Kier alpha value is -1.85. The van der Waals surface area contributed by atoms with E-state index in [-0.39, 0.29) is 0 Å². The number of nitrogens with zero attached hydrogens (tertiary/aromatic N) is 5. The highest BCUT2D eigenvalue weighted by Crippen LogP contribution is 2.18. The highest BCUT2D eigenvalue weighted by atomic mass is 15.2. The number of nitrogens with two attached hydrogens (primary N) is 1. The van der Waals surface area contributed by atoms with E-state index in [4.69, 9.17) is 5.73 Å². The predicted octanol–water partition coefficient (Wildman–Crippen LogP) is 0.0115. The summed E-state index contributed by atoms with van der Waals surface area (Å²) in [5.41, 5.74) is 7.20. The number of aryl methyl sites for hydroxylation is 1. The number of aromatic nitrogens is 4. The Labute approximate surface area is 81.4 Å². The Morgan fingerprint density at radius 1 is 1.36 bits per heavy atom. The summed E-state index contributed by atoms with van der Waals surface area (Å²) in [6, 6.07) is 0. The van der Waals surface area contributed by atoms with E-state index in [1.807, 2.05) is 25.7 Å². The van der Waals surface area contributed by atoms with Crippen LogP contribution in [0, 0.1) is 0 Å². The van der Waals surface area contributed by atoms with Gasteiger partial charge < -0.3 is 15.2 Å². The lowest BCUT2D eigenvalue weighted by atomic mass is 10.5. The molecule has 2 N–H and O–H groups in total. The van der Waals surface area contributed by atoms with Gasteiger partial charge in [0.05, 0.1) is 6.33 Å². The molecular weight excluding hydrogens is 180 g/mol. The summed E-state index contributed by atoms with van der Waals surface area (Å²) in [7, 11) is 5.59. The van der Waals surface area contributed by atoms with E-state index in [0.29, 0.717) is 17.4 Å². The van der Waals surface area contributed by atoms with Crippen LogP contribution >= 0.6 is 0 Å². The first-order chi connectivity index (χ1) is 6.59. The standard InChI is InChI=1S/C8H12N6/c1-13(2)8-11-6(9)5-7(12-8)10-4-14(5)3/h4H,1-3H3,(H2,9,11,12). The van der Waals surface area contributed by atoms with E-state index < -0.39 is 0 Å². The number of fused-ring (bicyclic) bond motifs is 1. The number of rotatable bonds is 1. The van der Waals surface area contributed by atoms with E-state index in [0.717, 1.165) is 5.52 Å². The molecule has 0 fully saturated rings. The Balaban J connectivity index is 2.74. The predicted molar refractivity (Wildman–Crippen MR) is 55.0 cm³/mol. The molecule has 0 aliphatic rings. The van der Waals surface area contributed by atoms with Gasteiger partial charge in [-0.25, -0.2) is 4.98 Å². The molecule has 0 bridgehead atoms. The van der Waals surface area contributed by atoms with Crippen molar-refractivity contribution in [1.82, 2.24) is 19.5 Å². The molecule has 0 amide bonds. The molecule has 6 heteroatoms. The zero-order chi connectivity index (χ0) is 10.3. The third-order valence-corrected chi connectivity index (χ3v) is 1.99. The zero-order valence-corrected chi connectivity index (χ0v) is 8.39. The minimum atomic E-state index is 0.457. The average molecular weight is 192 g/mol. The van der Waals surface area contributed by atoms with Gasteiger partial charge in [0.25, 0.3) is 0 Å². The van der Waals surface area contributed by atoms with Crippen LogP contribution in [0.5, 0.6) is 0 Å². The average Bonchev–Trinajstić information content (AvgIpc) is 2.48. The molecule has 0 saturated heterocycles. The van der Waals surface area contributed by atoms with Crippen molar-refractivity contribution in [2.75, 3.05) is 24.7 Å². The van der Waals surface area contributed by atoms with Crippen LogP contribution in [0.3, 0.4) is 0 Å². The molecule has 0 radical (unpaired) electrons. The second kappa shape index (κ2) is 2.83. The van der Waals surface area contributed by atoms with Crippen LogP contribution in [0.25, 0.3) is 11.2 Å². The summed E-state index contributed by atoms with van der Waals surface area (Å²) in [5, 5.41) is 0. The van der Waals surface area contributed by atoms with Crippen molar-refractivity contribution in [1.29, 1.82) is 0 Å². The normalized spacial score (nSPS) is 10.8. The molecular formula is C8H12N6. The molecule has 0 aliphatic heterocycles. The van der Waals surface area contributed by atoms with Gasteiger partial charge in [0.2, 0.25) is 5.95 Å². The molecule has 6 nitrogen and oxygen atoms in total. The van der Waals surface area contributed by atoms with Crippen molar-refractivity contribution < 1.29 is 0 Å². The lowest BCUT2D eigenvalue weighted by Crippen LogP contribution is -2.14. The minimum absolute atomic E-state index is 0.457. The molecule has 0 aliphatic carbocycles. The van der Waals surface area contributed by atoms with Crippen LogP contribution in [-0.4, -0.2) is 33.6 Å². The number of hydrogen-bond donors (Lipinski definition) is 1. The number of imidazole rings is 1. The van der Waals surface area contributed by atoms with E-state index in [1.54, 1.807) is 11.2 Å². The fraction of sp³-hybridized carbons (Fsp3) is 0.375. The first kappa shape index (κ1) is 8.74. The second-order valence-corrected chi connectivity index (χ2v) is 3.33. The van der Waals surface area contributed by atoms with Gasteiger partial charge >= 0.3 is 0 Å². The van der Waals surface area contributed by atoms with Crippen molar-refractivity contribution in [2.24, 2.45) is 7.05 Å². The van der Waals surface area contributed by atoms with Crippen molar-refractivity contribution in [3.05, 3.63) is 6.33 Å². The first-order valence-corrected chi connectivity index (χ1v) is 4.21. The topological polar surface area (TPSA) is 72.9 Å². The third kappa shape index (κ3) is 1.15. The van der Waals surface area contributed by atoms with Crippen LogP contribution in [-0.2, 0) is 7.05 Å². The SMILES string of the molecule is CN(C)c1nc(N)c2c(ncn2C)n1. The monoisotopic (exact) mass is 192 g/mol. The molecule has 0 aromatic carbocycles. The van der Waals surface area contributed by atoms with Crippen LogP contribution < -0.4 is 10.6 Å². The molecule has 2 rings (SSSR count). The van der Waals surface area contributed by atoms with Gasteiger partial charge in [-0.3, -0.25) is 0 Å². The molecule has 14 heavy (non-hydrogen) atoms. The van der Waals surface area contributed by atoms with Gasteiger partial charge in [0.1, 0.15) is 5.52 Å². The van der Waals surface area contributed by atoms with Crippen LogP contribution in [0.15, 0.2) is 6.33 Å². The zero-order valence-electron chi connectivity index (χ0n) is 8.39. The first-order valence-electron chi connectivity index (χ1n) is 4.21. The van der Waals surface area contributed by atoms with Crippen LogP contribution in [0.2, 0.25) is 0 Å². The lowest BCUT2D eigenvalue weighted by molar-refractivity contribution is 0.944. The van der Waals surface area contributed by atoms with E-state index in [9.17, 15) is 0 Å². The molecule has 0 saturated carbocycles. The maximum Gasteiger partial charge on any atom is 0.228 e. The Bertz CT molecular complexity index is 472. The summed E-state index contributed by atoms with van der Waals surface area (Å²) in [4.78, 5) is 14.3. The van der Waals surface area contributed by atoms with Crippen LogP contribution in [0.4, 0.5) is 11.8 Å². The maximum absolute atomic E-state index is 5.80. The van der Waals surface area contributed by atoms with Gasteiger partial charge in [-0.05, 0) is 0 Å². The molecule has 0 atom stereocenters. The van der Waals surface area contributed by atoms with Gasteiger partial charge in [0.15, 0.2) is 11.5 Å². The van der Waals surface area contributed by atoms with E-state index >= 15 is 0 Å². The van der Waals surface area contributed by atoms with Gasteiger partial charge in [-0.2, -0.15) is 9.97 Å². The maximum atomic E-state index is 5.80. The summed E-state index contributed by atoms with van der Waals surface area (Å²) in [5.74, 6) is 1.03. The smallest absolute Gasteiger partial charge is 0.228 e. The largest absolute Gasteiger partial charge is 0.382 e. The minimum Gasteiger partial charge on any atom is -0.382 e. The molecule has 0 unspecified atom stereocenters. The van der Waals surface area contributed by atoms with Crippen molar-refractivity contribution >= 4 is 22.9 Å². The summed E-state index contributed by atoms with van der Waals surface area (Å²) in [6.07, 6.45) is 1.68. The Kier molecular flexibility index (Phi) is 1.77. The number of nitrogen functional groups attached to an aromatic ring is 1. The highest BCUT2D eigenvalue weighted by Gasteiger charge is 2.09.